The van der Waals surface area contributed by atoms with E-state index < -0.39 is 12.0 Å². The van der Waals surface area contributed by atoms with E-state index in [0.29, 0.717) is 38.6 Å². The molecule has 242 valence electrons. The lowest BCUT2D eigenvalue weighted by Crippen LogP contribution is -2.40. The average Bonchev–Trinajstić information content (AvgIpc) is 2.97. The molecule has 1 amide bonds. The molecule has 0 fully saturated rings. The van der Waals surface area contributed by atoms with Crippen molar-refractivity contribution in [3.05, 3.63) is 36.5 Å². The second-order valence-electron chi connectivity index (χ2n) is 11.2. The first-order valence-corrected chi connectivity index (χ1v) is 16.8. The molecular weight excluding hydrogens is 528 g/mol. The highest BCUT2D eigenvalue weighted by Gasteiger charge is 2.18. The van der Waals surface area contributed by atoms with Gasteiger partial charge in [0.1, 0.15) is 12.1 Å². The van der Waals surface area contributed by atoms with Crippen molar-refractivity contribution in [1.29, 1.82) is 0 Å². The minimum Gasteiger partial charge on any atom is -0.480 e. The molecule has 0 rings (SSSR count). The molecule has 2 unspecified atom stereocenters. The number of allylic oxidation sites excluding steroid dienone is 5. The molecule has 0 aromatic carbocycles. The molecule has 0 spiro atoms. The van der Waals surface area contributed by atoms with Crippen LogP contribution in [0.1, 0.15) is 149 Å². The summed E-state index contributed by atoms with van der Waals surface area (Å²) in [6.07, 6.45) is 32.1. The van der Waals surface area contributed by atoms with Crippen molar-refractivity contribution >= 4 is 17.8 Å². The summed E-state index contributed by atoms with van der Waals surface area (Å²) in [7, 11) is 0. The molecule has 0 saturated heterocycles. The van der Waals surface area contributed by atoms with Crippen LogP contribution < -0.4 is 11.1 Å². The topological polar surface area (TPSA) is 119 Å². The number of carbonyl (C=O) groups excluding carboxylic acids is 2. The average molecular weight is 591 g/mol. The van der Waals surface area contributed by atoms with Gasteiger partial charge in [0.15, 0.2) is 0 Å². The van der Waals surface area contributed by atoms with Crippen LogP contribution in [0, 0.1) is 0 Å². The van der Waals surface area contributed by atoms with Crippen molar-refractivity contribution in [2.45, 2.75) is 161 Å². The summed E-state index contributed by atoms with van der Waals surface area (Å²) in [5.41, 5.74) is 5.45. The molecule has 2 atom stereocenters. The fourth-order valence-corrected chi connectivity index (χ4v) is 4.56. The zero-order valence-corrected chi connectivity index (χ0v) is 26.8. The fourth-order valence-electron chi connectivity index (χ4n) is 4.56. The number of esters is 1. The minimum absolute atomic E-state index is 0.121. The Morgan fingerprint density at radius 1 is 0.714 bits per heavy atom. The predicted octanol–water partition coefficient (Wildman–Crippen LogP) is 8.33. The highest BCUT2D eigenvalue weighted by atomic mass is 16.5. The molecule has 42 heavy (non-hydrogen) atoms. The number of nitrogens with two attached hydrogens (primary N) is 1. The summed E-state index contributed by atoms with van der Waals surface area (Å²) in [5, 5.41) is 11.8. The third kappa shape index (κ3) is 26.5. The molecule has 0 heterocycles. The zero-order chi connectivity index (χ0) is 31.1. The number of nitrogens with one attached hydrogen (secondary N) is 1. The summed E-state index contributed by atoms with van der Waals surface area (Å²) in [4.78, 5) is 36.0. The first-order chi connectivity index (χ1) is 20.4. The van der Waals surface area contributed by atoms with E-state index >= 15 is 0 Å². The first-order valence-electron chi connectivity index (χ1n) is 16.8. The summed E-state index contributed by atoms with van der Waals surface area (Å²) >= 11 is 0. The Hall–Kier alpha value is -2.41. The van der Waals surface area contributed by atoms with Crippen molar-refractivity contribution in [3.8, 4) is 0 Å². The van der Waals surface area contributed by atoms with E-state index in [9.17, 15) is 19.5 Å². The molecule has 0 aliphatic rings. The maximum Gasteiger partial charge on any atom is 0.326 e. The van der Waals surface area contributed by atoms with E-state index in [1.807, 2.05) is 6.08 Å². The Kier molecular flexibility index (Phi) is 28.3. The second-order valence-corrected chi connectivity index (χ2v) is 11.2. The SMILES string of the molecule is CCC/C=C\C/C=C\C(CCCCCCC(=O)NC(CCCN)C(=O)O)OC(=O)CCCCCCC/C=C\CCCC. The number of amides is 1. The van der Waals surface area contributed by atoms with E-state index in [-0.39, 0.29) is 18.0 Å². The maximum absolute atomic E-state index is 12.5. The normalized spacial score (nSPS) is 13.2. The standard InChI is InChI=1S/C35H62N2O5/c1-3-5-7-9-11-12-13-14-15-17-23-29-34(39)42-31(25-20-16-10-8-6-4-2)26-21-18-19-22-28-33(38)37-32(35(40)41)27-24-30-36/h8-11,20,25,31-32H,3-7,12-19,21-24,26-30,36H2,1-2H3,(H,37,38)(H,40,41)/b10-8-,11-9-,25-20-. The number of hydrogen-bond acceptors (Lipinski definition) is 5. The molecule has 0 aliphatic carbocycles. The van der Waals surface area contributed by atoms with Crippen LogP contribution in [0.4, 0.5) is 0 Å². The highest BCUT2D eigenvalue weighted by molar-refractivity contribution is 5.83. The highest BCUT2D eigenvalue weighted by Crippen LogP contribution is 2.14. The van der Waals surface area contributed by atoms with Crippen LogP contribution in [-0.2, 0) is 19.1 Å². The van der Waals surface area contributed by atoms with Crippen LogP contribution in [0.5, 0.6) is 0 Å². The second kappa shape index (κ2) is 30.1. The van der Waals surface area contributed by atoms with Crippen LogP contribution in [0.3, 0.4) is 0 Å². The van der Waals surface area contributed by atoms with Crippen LogP contribution in [0.15, 0.2) is 36.5 Å². The van der Waals surface area contributed by atoms with E-state index in [0.717, 1.165) is 70.6 Å². The van der Waals surface area contributed by atoms with Gasteiger partial charge in [0.25, 0.3) is 0 Å². The maximum atomic E-state index is 12.5. The van der Waals surface area contributed by atoms with Crippen molar-refractivity contribution in [2.75, 3.05) is 6.54 Å². The van der Waals surface area contributed by atoms with E-state index in [2.05, 4.69) is 49.5 Å². The van der Waals surface area contributed by atoms with Crippen molar-refractivity contribution in [2.24, 2.45) is 5.73 Å². The van der Waals surface area contributed by atoms with Crippen molar-refractivity contribution in [1.82, 2.24) is 5.32 Å². The van der Waals surface area contributed by atoms with Crippen LogP contribution in [0.25, 0.3) is 0 Å². The van der Waals surface area contributed by atoms with Gasteiger partial charge in [-0.15, -0.1) is 0 Å². The first kappa shape index (κ1) is 39.6. The Morgan fingerprint density at radius 3 is 2.05 bits per heavy atom. The van der Waals surface area contributed by atoms with E-state index in [1.165, 1.54) is 32.1 Å². The number of rotatable bonds is 29. The van der Waals surface area contributed by atoms with Gasteiger partial charge < -0.3 is 20.9 Å². The van der Waals surface area contributed by atoms with Gasteiger partial charge in [0.05, 0.1) is 0 Å². The van der Waals surface area contributed by atoms with Crippen LogP contribution >= 0.6 is 0 Å². The number of aliphatic carboxylic acids is 1. The number of carbonyl (C=O) groups is 3. The fraction of sp³-hybridized carbons (Fsp3) is 0.743. The van der Waals surface area contributed by atoms with E-state index in [4.69, 9.17) is 10.5 Å². The molecular formula is C35H62N2O5. The van der Waals surface area contributed by atoms with Gasteiger partial charge in [0.2, 0.25) is 5.91 Å². The lowest BCUT2D eigenvalue weighted by atomic mass is 10.1. The van der Waals surface area contributed by atoms with Gasteiger partial charge in [0, 0.05) is 12.8 Å². The molecule has 0 radical (unpaired) electrons. The molecule has 7 nitrogen and oxygen atoms in total. The van der Waals surface area contributed by atoms with Crippen molar-refractivity contribution in [3.63, 3.8) is 0 Å². The Morgan fingerprint density at radius 2 is 1.36 bits per heavy atom. The molecule has 0 aromatic heterocycles. The van der Waals surface area contributed by atoms with Gasteiger partial charge in [-0.05, 0) is 83.2 Å². The van der Waals surface area contributed by atoms with Crippen molar-refractivity contribution < 1.29 is 24.2 Å². The number of unbranched alkanes of at least 4 members (excludes halogenated alkanes) is 11. The molecule has 4 N–H and O–H groups in total. The summed E-state index contributed by atoms with van der Waals surface area (Å²) < 4.78 is 5.83. The van der Waals surface area contributed by atoms with Gasteiger partial charge in [-0.3, -0.25) is 9.59 Å². The lowest BCUT2D eigenvalue weighted by Gasteiger charge is -2.15. The summed E-state index contributed by atoms with van der Waals surface area (Å²) in [6, 6.07) is -0.873. The Balaban J connectivity index is 4.34. The Labute approximate surface area is 256 Å². The third-order valence-electron chi connectivity index (χ3n) is 7.14. The monoisotopic (exact) mass is 590 g/mol. The Bertz CT molecular complexity index is 762. The summed E-state index contributed by atoms with van der Waals surface area (Å²) in [6.45, 7) is 4.78. The summed E-state index contributed by atoms with van der Waals surface area (Å²) in [5.74, 6) is -1.37. The number of hydrogen-bond donors (Lipinski definition) is 3. The quantitative estimate of drug-likeness (QED) is 0.0458. The van der Waals surface area contributed by atoms with E-state index in [1.54, 1.807) is 0 Å². The zero-order valence-electron chi connectivity index (χ0n) is 26.8. The molecule has 7 heteroatoms. The molecule has 0 aliphatic heterocycles. The predicted molar refractivity (Wildman–Crippen MR) is 174 cm³/mol. The number of carboxylic acids is 1. The molecule has 0 bridgehead atoms. The van der Waals surface area contributed by atoms with Gasteiger partial charge >= 0.3 is 11.9 Å². The minimum atomic E-state index is -1.02. The van der Waals surface area contributed by atoms with Gasteiger partial charge in [-0.25, -0.2) is 4.79 Å². The third-order valence-corrected chi connectivity index (χ3v) is 7.14. The number of carboxylic acid groups (broad SMARTS) is 1. The van der Waals surface area contributed by atoms with Gasteiger partial charge in [-0.1, -0.05) is 95.6 Å². The van der Waals surface area contributed by atoms with Crippen LogP contribution in [-0.4, -0.2) is 41.6 Å². The molecule has 0 saturated carbocycles. The molecule has 0 aromatic rings. The largest absolute Gasteiger partial charge is 0.480 e. The lowest BCUT2D eigenvalue weighted by molar-refractivity contribution is -0.147. The van der Waals surface area contributed by atoms with Gasteiger partial charge in [-0.2, -0.15) is 0 Å². The number of ether oxygens (including phenoxy) is 1. The van der Waals surface area contributed by atoms with Crippen LogP contribution in [0.2, 0.25) is 0 Å². The smallest absolute Gasteiger partial charge is 0.326 e.